The first-order valence-electron chi connectivity index (χ1n) is 19.4. The van der Waals surface area contributed by atoms with E-state index in [-0.39, 0.29) is 24.1 Å². The quantitative estimate of drug-likeness (QED) is 0.139. The monoisotopic (exact) mass is 795 g/mol. The summed E-state index contributed by atoms with van der Waals surface area (Å²) in [6.45, 7) is 13.2. The number of hydrogen-bond acceptors (Lipinski definition) is 5. The number of carboxylic acids is 1. The van der Waals surface area contributed by atoms with E-state index in [1.165, 1.54) is 0 Å². The molecule has 12 heteroatoms. The molecule has 3 aromatic heterocycles. The summed E-state index contributed by atoms with van der Waals surface area (Å²) < 4.78 is 18.0. The number of fused-ring (bicyclic) bond motifs is 4. The highest BCUT2D eigenvalue weighted by molar-refractivity contribution is 6.35. The van der Waals surface area contributed by atoms with Gasteiger partial charge in [-0.05, 0) is 107 Å². The van der Waals surface area contributed by atoms with E-state index in [0.29, 0.717) is 47.3 Å². The third-order valence-corrected chi connectivity index (χ3v) is 12.7. The van der Waals surface area contributed by atoms with Crippen LogP contribution in [0.25, 0.3) is 32.9 Å². The van der Waals surface area contributed by atoms with Crippen molar-refractivity contribution in [3.8, 4) is 16.9 Å². The van der Waals surface area contributed by atoms with Crippen LogP contribution in [0.4, 0.5) is 5.82 Å². The Labute approximate surface area is 336 Å². The van der Waals surface area contributed by atoms with E-state index in [1.807, 2.05) is 74.9 Å². The van der Waals surface area contributed by atoms with Crippen molar-refractivity contribution in [1.82, 2.24) is 18.9 Å². The van der Waals surface area contributed by atoms with Crippen LogP contribution in [0.5, 0.6) is 5.75 Å². The van der Waals surface area contributed by atoms with Crippen LogP contribution in [0.2, 0.25) is 10.0 Å². The maximum atomic E-state index is 15.2. The minimum Gasteiger partial charge on any atom is -0.494 e. The average molecular weight is 797 g/mol. The van der Waals surface area contributed by atoms with Crippen molar-refractivity contribution in [3.05, 3.63) is 97.9 Å². The summed E-state index contributed by atoms with van der Waals surface area (Å²) in [6, 6.07) is 15.0. The van der Waals surface area contributed by atoms with Gasteiger partial charge in [0, 0.05) is 72.0 Å². The number of nitrogens with zero attached hydrogens (tertiary/aromatic N) is 5. The zero-order valence-electron chi connectivity index (χ0n) is 32.7. The van der Waals surface area contributed by atoms with Crippen molar-refractivity contribution in [2.75, 3.05) is 31.3 Å². The van der Waals surface area contributed by atoms with Gasteiger partial charge in [-0.1, -0.05) is 47.5 Å². The van der Waals surface area contributed by atoms with Gasteiger partial charge in [-0.15, -0.1) is 0 Å². The number of carbonyl (C=O) groups is 2. The first-order chi connectivity index (χ1) is 26.9. The van der Waals surface area contributed by atoms with E-state index in [0.717, 1.165) is 99.0 Å². The topological polar surface area (TPSA) is 104 Å². The van der Waals surface area contributed by atoms with Gasteiger partial charge in [0.25, 0.3) is 5.91 Å². The lowest BCUT2D eigenvalue weighted by atomic mass is 9.97. The Morgan fingerprint density at radius 2 is 1.71 bits per heavy atom. The third kappa shape index (κ3) is 6.36. The zero-order valence-corrected chi connectivity index (χ0v) is 34.2. The molecule has 1 atom stereocenters. The molecule has 3 aromatic carbocycles. The molecule has 2 aliphatic rings. The summed E-state index contributed by atoms with van der Waals surface area (Å²) in [5.41, 5.74) is 8.80. The van der Waals surface area contributed by atoms with Crippen molar-refractivity contribution in [1.29, 1.82) is 0 Å². The molecule has 1 saturated heterocycles. The number of amides is 1. The Morgan fingerprint density at radius 3 is 2.43 bits per heavy atom. The van der Waals surface area contributed by atoms with Gasteiger partial charge in [0.05, 0.1) is 28.4 Å². The molecule has 8 rings (SSSR count). The number of benzene rings is 3. The van der Waals surface area contributed by atoms with Gasteiger partial charge in [-0.2, -0.15) is 5.10 Å². The van der Waals surface area contributed by atoms with Crippen LogP contribution in [0, 0.1) is 33.6 Å². The highest BCUT2D eigenvalue weighted by Crippen LogP contribution is 2.46. The molecular formula is C44H47Cl2N5O5. The number of carbonyl (C=O) groups excluding carboxylic acids is 1. The van der Waals surface area contributed by atoms with E-state index in [2.05, 4.69) is 23.1 Å². The number of aromatic carboxylic acids is 1. The number of carboxylic acid groups (broad SMARTS) is 1. The molecule has 2 aliphatic heterocycles. The van der Waals surface area contributed by atoms with E-state index >= 15 is 4.79 Å². The summed E-state index contributed by atoms with van der Waals surface area (Å²) in [4.78, 5) is 29.8. The van der Waals surface area contributed by atoms with Gasteiger partial charge in [0.2, 0.25) is 0 Å². The molecule has 0 saturated carbocycles. The molecule has 1 fully saturated rings. The normalized spacial score (nSPS) is 16.3. The van der Waals surface area contributed by atoms with Crippen LogP contribution in [0.1, 0.15) is 81.2 Å². The van der Waals surface area contributed by atoms with Gasteiger partial charge in [0.1, 0.15) is 22.8 Å². The Hall–Kier alpha value is -4.77. The van der Waals surface area contributed by atoms with Crippen LogP contribution >= 0.6 is 23.2 Å². The summed E-state index contributed by atoms with van der Waals surface area (Å²) in [5.74, 6) is 0.266. The van der Waals surface area contributed by atoms with E-state index in [9.17, 15) is 9.90 Å². The molecule has 292 valence electrons. The lowest BCUT2D eigenvalue weighted by molar-refractivity contribution is 0.0599. The van der Waals surface area contributed by atoms with Crippen molar-refractivity contribution in [3.63, 3.8) is 0 Å². The zero-order chi connectivity index (χ0) is 39.6. The largest absolute Gasteiger partial charge is 0.494 e. The van der Waals surface area contributed by atoms with Crippen LogP contribution in [0.3, 0.4) is 0 Å². The van der Waals surface area contributed by atoms with Crippen molar-refractivity contribution < 1.29 is 24.2 Å². The average Bonchev–Trinajstić information content (AvgIpc) is 3.77. The molecule has 1 amide bonds. The summed E-state index contributed by atoms with van der Waals surface area (Å²) in [5, 5.41) is 18.4. The molecule has 5 heterocycles. The van der Waals surface area contributed by atoms with Crippen molar-refractivity contribution >= 4 is 62.7 Å². The van der Waals surface area contributed by atoms with E-state index < -0.39 is 5.97 Å². The van der Waals surface area contributed by atoms with E-state index in [1.54, 1.807) is 11.0 Å². The molecule has 10 nitrogen and oxygen atoms in total. The van der Waals surface area contributed by atoms with Gasteiger partial charge in [0.15, 0.2) is 0 Å². The first-order valence-corrected chi connectivity index (χ1v) is 20.1. The molecule has 6 aromatic rings. The number of hydrogen-bond donors (Lipinski definition) is 1. The minimum absolute atomic E-state index is 0.114. The Balaban J connectivity index is 1.27. The predicted molar refractivity (Wildman–Crippen MR) is 222 cm³/mol. The highest BCUT2D eigenvalue weighted by atomic mass is 35.5. The lowest BCUT2D eigenvalue weighted by Crippen LogP contribution is -2.44. The predicted octanol–water partition coefficient (Wildman–Crippen LogP) is 9.89. The van der Waals surface area contributed by atoms with Crippen molar-refractivity contribution in [2.24, 2.45) is 13.0 Å². The third-order valence-electron chi connectivity index (χ3n) is 11.8. The highest BCUT2D eigenvalue weighted by Gasteiger charge is 2.40. The second-order valence-corrected chi connectivity index (χ2v) is 16.3. The summed E-state index contributed by atoms with van der Waals surface area (Å²) in [6.07, 6.45) is 3.16. The smallest absolute Gasteiger partial charge is 0.340 e. The molecule has 56 heavy (non-hydrogen) atoms. The molecule has 0 radical (unpaired) electrons. The number of anilines is 1. The molecule has 0 bridgehead atoms. The fourth-order valence-corrected chi connectivity index (χ4v) is 9.45. The standard InChI is InChI=1S/C44H47Cl2N5O5/c1-24-20-30(21-25(2)39(24)46)56-17-9-11-31-32-13-14-34(45)38(36-27(4)47-50(28(36)5)23-29-15-18-55-19-16-29)40(32)51-26(3)22-49(43(52)41(31)51)42-37(44(53)54)33-10-7-8-12-35(33)48(42)6/h7-8,10,12-14,20-21,26,29H,9,11,15-19,22-23H2,1-6H3,(H,53,54)/t26-/m1/s1. The van der Waals surface area contributed by atoms with Gasteiger partial charge >= 0.3 is 5.97 Å². The van der Waals surface area contributed by atoms with Gasteiger partial charge < -0.3 is 23.7 Å². The summed E-state index contributed by atoms with van der Waals surface area (Å²) >= 11 is 13.7. The number of para-hydroxylation sites is 1. The second-order valence-electron chi connectivity index (χ2n) is 15.5. The molecule has 0 unspecified atom stereocenters. The van der Waals surface area contributed by atoms with Crippen LogP contribution < -0.4 is 9.64 Å². The second kappa shape index (κ2) is 15.0. The first kappa shape index (κ1) is 38.1. The number of rotatable bonds is 10. The number of aryl methyl sites for hydroxylation is 5. The number of ether oxygens (including phenoxy) is 2. The number of aromatic nitrogens is 4. The molecule has 0 spiro atoms. The number of halogens is 2. The lowest BCUT2D eigenvalue weighted by Gasteiger charge is -2.34. The Kier molecular flexibility index (Phi) is 10.2. The van der Waals surface area contributed by atoms with Gasteiger partial charge in [-0.3, -0.25) is 14.4 Å². The van der Waals surface area contributed by atoms with Crippen LogP contribution in [-0.2, 0) is 24.8 Å². The maximum absolute atomic E-state index is 15.2. The van der Waals surface area contributed by atoms with Crippen molar-refractivity contribution in [2.45, 2.75) is 72.9 Å². The Bertz CT molecular complexity index is 2520. The fraction of sp³-hybridized carbons (Fsp3) is 0.386. The summed E-state index contributed by atoms with van der Waals surface area (Å²) in [7, 11) is 1.83. The maximum Gasteiger partial charge on any atom is 0.340 e. The SMILES string of the molecule is Cc1cc(OCCCc2c3n(c4c(-c5c(C)nn(CC6CCOCC6)c5C)c(Cl)ccc24)[C@H](C)CN(c2c(C(=O)O)c4ccccc4n2C)C3=O)cc(C)c1Cl. The van der Waals surface area contributed by atoms with Crippen LogP contribution in [-0.4, -0.2) is 62.3 Å². The fourth-order valence-electron chi connectivity index (χ4n) is 9.09. The Morgan fingerprint density at radius 1 is 1.00 bits per heavy atom. The minimum atomic E-state index is -1.08. The van der Waals surface area contributed by atoms with Gasteiger partial charge in [-0.25, -0.2) is 4.79 Å². The van der Waals surface area contributed by atoms with Crippen LogP contribution in [0.15, 0.2) is 48.5 Å². The molecular weight excluding hydrogens is 749 g/mol. The molecule has 0 aliphatic carbocycles. The van der Waals surface area contributed by atoms with E-state index in [4.69, 9.17) is 37.8 Å². The molecule has 1 N–H and O–H groups in total.